The Kier molecular flexibility index (Phi) is 4.75. The van der Waals surface area contributed by atoms with Gasteiger partial charge in [0.25, 0.3) is 0 Å². The number of aryl methyl sites for hydroxylation is 2. The summed E-state index contributed by atoms with van der Waals surface area (Å²) in [6.07, 6.45) is 6.57. The van der Waals surface area contributed by atoms with Crippen LogP contribution >= 0.6 is 66.1 Å². The monoisotopic (exact) mass is 438 g/mol. The van der Waals surface area contributed by atoms with Gasteiger partial charge in [0.2, 0.25) is 0 Å². The molecule has 19 heavy (non-hydrogen) atoms. The maximum atomic E-state index is 6.13. The van der Waals surface area contributed by atoms with E-state index in [0.717, 1.165) is 8.81 Å². The summed E-state index contributed by atoms with van der Waals surface area (Å²) in [5.41, 5.74) is 1.57. The molecule has 0 fully saturated rings. The van der Waals surface area contributed by atoms with Gasteiger partial charge in [-0.25, -0.2) is 0 Å². The van der Waals surface area contributed by atoms with Gasteiger partial charge in [0.1, 0.15) is 0 Å². The van der Waals surface area contributed by atoms with Crippen LogP contribution in [-0.2, 0) is 12.8 Å². The number of hydrogen-bond acceptors (Lipinski definition) is 2. The van der Waals surface area contributed by atoms with E-state index in [9.17, 15) is 0 Å². The molecule has 3 rings (SSSR count). The van der Waals surface area contributed by atoms with Crippen molar-refractivity contribution in [3.8, 4) is 0 Å². The summed E-state index contributed by atoms with van der Waals surface area (Å²) in [6.45, 7) is 0. The molecule has 0 aliphatic heterocycles. The van der Waals surface area contributed by atoms with E-state index in [0.29, 0.717) is 0 Å². The number of fused-ring (bicyclic) bond motifs is 1. The average Bonchev–Trinajstić information content (AvgIpc) is 2.87. The Morgan fingerprint density at radius 3 is 2.53 bits per heavy atom. The first-order valence-electron chi connectivity index (χ1n) is 6.35. The van der Waals surface area contributed by atoms with Crippen LogP contribution in [0.5, 0.6) is 0 Å². The highest BCUT2D eigenvalue weighted by molar-refractivity contribution is 9.11. The molecule has 2 heterocycles. The summed E-state index contributed by atoms with van der Waals surface area (Å²) < 4.78 is 1.02. The van der Waals surface area contributed by atoms with Gasteiger partial charge >= 0.3 is 0 Å². The van der Waals surface area contributed by atoms with Crippen LogP contribution in [0.3, 0.4) is 0 Å². The van der Waals surface area contributed by atoms with Crippen molar-refractivity contribution in [1.29, 1.82) is 0 Å². The predicted octanol–water partition coefficient (Wildman–Crippen LogP) is 6.98. The van der Waals surface area contributed by atoms with E-state index in [1.54, 1.807) is 21.8 Å². The molecule has 0 nitrogen and oxygen atoms in total. The van der Waals surface area contributed by atoms with Gasteiger partial charge in [-0.05, 0) is 59.3 Å². The predicted molar refractivity (Wildman–Crippen MR) is 93.4 cm³/mol. The summed E-state index contributed by atoms with van der Waals surface area (Å²) in [7, 11) is 0. The molecule has 0 radical (unpaired) electrons. The van der Waals surface area contributed by atoms with Crippen LogP contribution in [0.2, 0.25) is 5.02 Å². The quantitative estimate of drug-likeness (QED) is 0.349. The van der Waals surface area contributed by atoms with E-state index in [2.05, 4.69) is 44.0 Å². The Hall–Kier alpha value is 0.650. The molecule has 0 N–H and O–H groups in total. The fourth-order valence-electron chi connectivity index (χ4n) is 2.44. The van der Waals surface area contributed by atoms with Gasteiger partial charge in [-0.2, -0.15) is 0 Å². The molecule has 0 bridgehead atoms. The molecule has 2 aromatic rings. The van der Waals surface area contributed by atoms with Crippen LogP contribution in [0, 0.1) is 0 Å². The zero-order valence-corrected chi connectivity index (χ0v) is 15.8. The van der Waals surface area contributed by atoms with Crippen molar-refractivity contribution in [3.05, 3.63) is 41.1 Å². The fourth-order valence-corrected chi connectivity index (χ4v) is 6.34. The number of rotatable bonds is 2. The van der Waals surface area contributed by atoms with Crippen LogP contribution in [-0.4, -0.2) is 0 Å². The van der Waals surface area contributed by atoms with E-state index in [-0.39, 0.29) is 4.83 Å². The topological polar surface area (TPSA) is 0 Å². The Morgan fingerprint density at radius 2 is 1.79 bits per heavy atom. The van der Waals surface area contributed by atoms with Gasteiger partial charge in [0, 0.05) is 14.6 Å². The van der Waals surface area contributed by atoms with E-state index < -0.39 is 0 Å². The largest absolute Gasteiger partial charge is 0.144 e. The van der Waals surface area contributed by atoms with E-state index in [1.165, 1.54) is 41.9 Å². The van der Waals surface area contributed by atoms with Crippen molar-refractivity contribution in [2.45, 2.75) is 36.9 Å². The number of halogens is 3. The molecule has 102 valence electrons. The molecule has 5 heteroatoms. The molecule has 1 unspecified atom stereocenters. The second-order valence-electron chi connectivity index (χ2n) is 4.79. The summed E-state index contributed by atoms with van der Waals surface area (Å²) in [5.74, 6) is 0. The molecule has 1 atom stereocenters. The number of thiophene rings is 2. The second-order valence-corrected chi connectivity index (χ2v) is 9.68. The minimum Gasteiger partial charge on any atom is -0.144 e. The van der Waals surface area contributed by atoms with Gasteiger partial charge in [-0.15, -0.1) is 22.7 Å². The lowest BCUT2D eigenvalue weighted by Gasteiger charge is -2.04. The Balaban J connectivity index is 1.89. The molecule has 2 aromatic heterocycles. The zero-order chi connectivity index (χ0) is 13.4. The Labute approximate surface area is 143 Å². The molecule has 0 aromatic carbocycles. The van der Waals surface area contributed by atoms with E-state index in [4.69, 9.17) is 11.6 Å². The molecular formula is C14H13Br2ClS2. The highest BCUT2D eigenvalue weighted by Gasteiger charge is 2.20. The van der Waals surface area contributed by atoms with Crippen molar-refractivity contribution in [2.24, 2.45) is 0 Å². The first-order chi connectivity index (χ1) is 9.15. The first-order valence-corrected chi connectivity index (χ1v) is 10.1. The minimum atomic E-state index is 0.276. The van der Waals surface area contributed by atoms with Crippen LogP contribution in [0.15, 0.2) is 15.9 Å². The second kappa shape index (κ2) is 6.18. The van der Waals surface area contributed by atoms with Crippen molar-refractivity contribution in [3.63, 3.8) is 0 Å². The van der Waals surface area contributed by atoms with Gasteiger partial charge in [0.05, 0.1) is 13.6 Å². The molecule has 0 spiro atoms. The van der Waals surface area contributed by atoms with Crippen LogP contribution in [0.25, 0.3) is 0 Å². The molecule has 0 saturated heterocycles. The maximum absolute atomic E-state index is 6.13. The maximum Gasteiger partial charge on any atom is 0.0887 e. The van der Waals surface area contributed by atoms with E-state index in [1.807, 2.05) is 11.3 Å². The third-order valence-corrected chi connectivity index (χ3v) is 8.86. The third kappa shape index (κ3) is 3.13. The number of alkyl halides is 1. The van der Waals surface area contributed by atoms with E-state index >= 15 is 0 Å². The fraction of sp³-hybridized carbons (Fsp3) is 0.429. The van der Waals surface area contributed by atoms with Crippen LogP contribution in [0.4, 0.5) is 0 Å². The summed E-state index contributed by atoms with van der Waals surface area (Å²) in [5, 5.41) is 0.808. The first kappa shape index (κ1) is 14.6. The lowest BCUT2D eigenvalue weighted by molar-refractivity contribution is 0.712. The summed E-state index contributed by atoms with van der Waals surface area (Å²) >= 11 is 17.1. The minimum absolute atomic E-state index is 0.276. The van der Waals surface area contributed by atoms with Gasteiger partial charge in [-0.1, -0.05) is 34.0 Å². The van der Waals surface area contributed by atoms with Gasteiger partial charge < -0.3 is 0 Å². The van der Waals surface area contributed by atoms with Crippen molar-refractivity contribution in [1.82, 2.24) is 0 Å². The van der Waals surface area contributed by atoms with Crippen molar-refractivity contribution < 1.29 is 0 Å². The zero-order valence-electron chi connectivity index (χ0n) is 10.2. The van der Waals surface area contributed by atoms with Crippen molar-refractivity contribution in [2.75, 3.05) is 0 Å². The number of hydrogen-bond donors (Lipinski definition) is 0. The Bertz CT molecular complexity index is 545. The smallest absolute Gasteiger partial charge is 0.0887 e. The summed E-state index contributed by atoms with van der Waals surface area (Å²) in [4.78, 5) is 4.56. The van der Waals surface area contributed by atoms with Crippen LogP contribution in [0.1, 0.15) is 44.3 Å². The van der Waals surface area contributed by atoms with Crippen molar-refractivity contribution >= 4 is 66.1 Å². The molecule has 1 aliphatic carbocycles. The standard InChI is InChI=1S/C14H13Br2ClS2/c15-13(12-7-9(17)14(16)19-12)11-6-8-4-2-1-3-5-10(8)18-11/h6-7,13H,1-5H2. The molecule has 1 aliphatic rings. The lowest BCUT2D eigenvalue weighted by Crippen LogP contribution is -1.85. The highest BCUT2D eigenvalue weighted by Crippen LogP contribution is 2.44. The average molecular weight is 441 g/mol. The lowest BCUT2D eigenvalue weighted by atomic mass is 10.1. The molecule has 0 saturated carbocycles. The van der Waals surface area contributed by atoms with Gasteiger partial charge in [0.15, 0.2) is 0 Å². The molecular weight excluding hydrogens is 428 g/mol. The Morgan fingerprint density at radius 1 is 1.05 bits per heavy atom. The summed E-state index contributed by atoms with van der Waals surface area (Å²) in [6, 6.07) is 4.45. The van der Waals surface area contributed by atoms with Gasteiger partial charge in [-0.3, -0.25) is 0 Å². The third-order valence-electron chi connectivity index (χ3n) is 3.43. The van der Waals surface area contributed by atoms with Crippen LogP contribution < -0.4 is 0 Å². The molecule has 0 amide bonds. The normalized spacial score (nSPS) is 17.0. The SMILES string of the molecule is Clc1cc(C(Br)c2cc3c(s2)CCCCC3)sc1Br. The highest BCUT2D eigenvalue weighted by atomic mass is 79.9.